The number of morpholine rings is 1. The topological polar surface area (TPSA) is 87.7 Å². The van der Waals surface area contributed by atoms with Crippen molar-refractivity contribution in [2.75, 3.05) is 41.8 Å². The van der Waals surface area contributed by atoms with E-state index in [0.29, 0.717) is 51.2 Å². The number of nitrogens with one attached hydrogen (secondary N) is 2. The zero-order valence-corrected chi connectivity index (χ0v) is 23.9. The number of ether oxygens (including phenoxy) is 1. The molecule has 3 aromatic carbocycles. The zero-order valence-electron chi connectivity index (χ0n) is 22.3. The van der Waals surface area contributed by atoms with E-state index in [1.165, 1.54) is 11.3 Å². The molecule has 2 N–H and O–H groups in total. The second kappa shape index (κ2) is 13.9. The van der Waals surface area contributed by atoms with Crippen molar-refractivity contribution in [3.05, 3.63) is 111 Å². The largest absolute Gasteiger partial charge is 0.378 e. The molecule has 0 unspecified atom stereocenters. The number of ketones is 1. The molecule has 1 aliphatic heterocycles. The van der Waals surface area contributed by atoms with Gasteiger partial charge in [-0.3, -0.25) is 14.4 Å². The van der Waals surface area contributed by atoms with Gasteiger partial charge in [-0.1, -0.05) is 31.5 Å². The van der Waals surface area contributed by atoms with Crippen LogP contribution >= 0.6 is 22.9 Å². The molecule has 0 atom stereocenters. The molecule has 5 rings (SSSR count). The van der Waals surface area contributed by atoms with Gasteiger partial charge in [0.25, 0.3) is 11.8 Å². The van der Waals surface area contributed by atoms with Crippen LogP contribution in [-0.2, 0) is 4.74 Å². The summed E-state index contributed by atoms with van der Waals surface area (Å²) >= 11 is 7.82. The molecule has 0 saturated carbocycles. The Morgan fingerprint density at radius 2 is 1.32 bits per heavy atom. The van der Waals surface area contributed by atoms with E-state index in [1.807, 2.05) is 31.4 Å². The predicted octanol–water partition coefficient (Wildman–Crippen LogP) is 7.00. The van der Waals surface area contributed by atoms with E-state index in [4.69, 9.17) is 16.3 Å². The molecular formula is C31H30ClN3O4S. The number of nitrogens with zero attached hydrogens (tertiary/aromatic N) is 1. The molecule has 206 valence electrons. The van der Waals surface area contributed by atoms with Crippen molar-refractivity contribution in [3.8, 4) is 0 Å². The van der Waals surface area contributed by atoms with E-state index in [-0.39, 0.29) is 17.6 Å². The van der Waals surface area contributed by atoms with Gasteiger partial charge in [0.1, 0.15) is 0 Å². The summed E-state index contributed by atoms with van der Waals surface area (Å²) < 4.78 is 5.38. The lowest BCUT2D eigenvalue weighted by Gasteiger charge is -2.29. The zero-order chi connectivity index (χ0) is 28.5. The minimum Gasteiger partial charge on any atom is -0.378 e. The summed E-state index contributed by atoms with van der Waals surface area (Å²) in [6, 6.07) is 22.3. The molecular weight excluding hydrogens is 546 g/mol. The number of hydrogen-bond donors (Lipinski definition) is 2. The highest BCUT2D eigenvalue weighted by Gasteiger charge is 2.17. The highest BCUT2D eigenvalue weighted by molar-refractivity contribution is 7.12. The number of anilines is 3. The number of thiophene rings is 1. The SMILES string of the molecule is CC.O=C(Nc1ccc(C(=O)c2ccc(NC(=O)c3cccs3)cc2)cc1)c1ccc(N2CCOCC2)c(Cl)c1. The molecule has 1 aliphatic rings. The van der Waals surface area contributed by atoms with Crippen LogP contribution in [0.1, 0.15) is 49.8 Å². The fourth-order valence-corrected chi connectivity index (χ4v) is 5.01. The van der Waals surface area contributed by atoms with Crippen LogP contribution in [0, 0.1) is 0 Å². The van der Waals surface area contributed by atoms with Crippen LogP contribution in [-0.4, -0.2) is 43.9 Å². The minimum absolute atomic E-state index is 0.163. The van der Waals surface area contributed by atoms with Gasteiger partial charge in [0.05, 0.1) is 28.8 Å². The molecule has 0 bridgehead atoms. The molecule has 4 aromatic rings. The van der Waals surface area contributed by atoms with Crippen molar-refractivity contribution in [1.29, 1.82) is 0 Å². The van der Waals surface area contributed by atoms with Gasteiger partial charge in [-0.05, 0) is 78.2 Å². The maximum Gasteiger partial charge on any atom is 0.265 e. The molecule has 0 spiro atoms. The molecule has 1 aromatic heterocycles. The summed E-state index contributed by atoms with van der Waals surface area (Å²) in [5.41, 5.74) is 3.47. The summed E-state index contributed by atoms with van der Waals surface area (Å²) in [6.45, 7) is 6.81. The van der Waals surface area contributed by atoms with Gasteiger partial charge in [0.2, 0.25) is 0 Å². The van der Waals surface area contributed by atoms with Crippen LogP contribution < -0.4 is 15.5 Å². The molecule has 7 nitrogen and oxygen atoms in total. The molecule has 2 amide bonds. The smallest absolute Gasteiger partial charge is 0.265 e. The van der Waals surface area contributed by atoms with Crippen molar-refractivity contribution < 1.29 is 19.1 Å². The summed E-state index contributed by atoms with van der Waals surface area (Å²) in [6.07, 6.45) is 0. The van der Waals surface area contributed by atoms with E-state index >= 15 is 0 Å². The first-order chi connectivity index (χ1) is 19.5. The lowest BCUT2D eigenvalue weighted by Crippen LogP contribution is -2.36. The van der Waals surface area contributed by atoms with Gasteiger partial charge in [0, 0.05) is 41.2 Å². The second-order valence-corrected chi connectivity index (χ2v) is 9.99. The van der Waals surface area contributed by atoms with E-state index in [2.05, 4.69) is 15.5 Å². The van der Waals surface area contributed by atoms with Crippen LogP contribution in [0.15, 0.2) is 84.2 Å². The Morgan fingerprint density at radius 3 is 1.85 bits per heavy atom. The average molecular weight is 576 g/mol. The standard InChI is InChI=1S/C29H24ClN3O4S.C2H6/c30-24-18-21(7-12-25(24)33-13-15-37-16-14-33)28(35)31-22-8-3-19(4-9-22)27(34)20-5-10-23(11-6-20)32-29(36)26-2-1-17-38-26;1-2/h1-12,17-18H,13-16H2,(H,31,35)(H,32,36);1-2H3. The van der Waals surface area contributed by atoms with Gasteiger partial charge in [-0.15, -0.1) is 11.3 Å². The Balaban J connectivity index is 0.00000181. The molecule has 1 saturated heterocycles. The Labute approximate surface area is 242 Å². The molecule has 0 radical (unpaired) electrons. The number of benzene rings is 3. The van der Waals surface area contributed by atoms with Gasteiger partial charge in [-0.2, -0.15) is 0 Å². The highest BCUT2D eigenvalue weighted by atomic mass is 35.5. The highest BCUT2D eigenvalue weighted by Crippen LogP contribution is 2.28. The van der Waals surface area contributed by atoms with Gasteiger partial charge >= 0.3 is 0 Å². The Hall–Kier alpha value is -3.98. The Morgan fingerprint density at radius 1 is 0.775 bits per heavy atom. The van der Waals surface area contributed by atoms with E-state index in [0.717, 1.165) is 18.8 Å². The summed E-state index contributed by atoms with van der Waals surface area (Å²) in [4.78, 5) is 40.7. The second-order valence-electron chi connectivity index (χ2n) is 8.63. The number of carbonyl (C=O) groups is 3. The fraction of sp³-hybridized carbons (Fsp3) is 0.194. The van der Waals surface area contributed by atoms with Crippen LogP contribution in [0.3, 0.4) is 0 Å². The monoisotopic (exact) mass is 575 g/mol. The van der Waals surface area contributed by atoms with Crippen molar-refractivity contribution >= 4 is 57.6 Å². The first-order valence-corrected chi connectivity index (χ1v) is 14.3. The minimum atomic E-state index is -0.292. The summed E-state index contributed by atoms with van der Waals surface area (Å²) in [5, 5.41) is 8.01. The van der Waals surface area contributed by atoms with Gasteiger partial charge in [0.15, 0.2) is 5.78 Å². The van der Waals surface area contributed by atoms with Crippen molar-refractivity contribution in [2.45, 2.75) is 13.8 Å². The summed E-state index contributed by atoms with van der Waals surface area (Å²) in [7, 11) is 0. The third-order valence-corrected chi connectivity index (χ3v) is 7.29. The number of rotatable bonds is 7. The third-order valence-electron chi connectivity index (χ3n) is 6.12. The van der Waals surface area contributed by atoms with Crippen LogP contribution in [0.2, 0.25) is 5.02 Å². The molecule has 2 heterocycles. The van der Waals surface area contributed by atoms with Crippen molar-refractivity contribution in [2.24, 2.45) is 0 Å². The fourth-order valence-electron chi connectivity index (χ4n) is 4.09. The van der Waals surface area contributed by atoms with Crippen molar-refractivity contribution in [3.63, 3.8) is 0 Å². The molecule has 9 heteroatoms. The first-order valence-electron chi connectivity index (χ1n) is 13.0. The Bertz CT molecular complexity index is 1450. The normalized spacial score (nSPS) is 12.6. The van der Waals surface area contributed by atoms with E-state index in [1.54, 1.807) is 66.7 Å². The maximum atomic E-state index is 12.9. The first kappa shape index (κ1) is 29.0. The van der Waals surface area contributed by atoms with Crippen molar-refractivity contribution in [1.82, 2.24) is 0 Å². The molecule has 0 aliphatic carbocycles. The quantitative estimate of drug-likeness (QED) is 0.232. The molecule has 40 heavy (non-hydrogen) atoms. The van der Waals surface area contributed by atoms with Crippen LogP contribution in [0.4, 0.5) is 17.1 Å². The molecule has 1 fully saturated rings. The summed E-state index contributed by atoms with van der Waals surface area (Å²) in [5.74, 6) is -0.642. The third kappa shape index (κ3) is 7.15. The number of amides is 2. The number of halogens is 1. The Kier molecular flexibility index (Phi) is 10.1. The van der Waals surface area contributed by atoms with E-state index in [9.17, 15) is 14.4 Å². The van der Waals surface area contributed by atoms with Gasteiger partial charge < -0.3 is 20.3 Å². The van der Waals surface area contributed by atoms with Crippen LogP contribution in [0.5, 0.6) is 0 Å². The number of carbonyl (C=O) groups excluding carboxylic acids is 3. The van der Waals surface area contributed by atoms with Gasteiger partial charge in [-0.25, -0.2) is 0 Å². The van der Waals surface area contributed by atoms with E-state index < -0.39 is 0 Å². The lowest BCUT2D eigenvalue weighted by molar-refractivity contribution is 0.102. The maximum absolute atomic E-state index is 12.9. The average Bonchev–Trinajstić information content (AvgIpc) is 3.55. The number of hydrogen-bond acceptors (Lipinski definition) is 6. The lowest BCUT2D eigenvalue weighted by atomic mass is 10.0. The van der Waals surface area contributed by atoms with Crippen LogP contribution in [0.25, 0.3) is 0 Å². The predicted molar refractivity (Wildman–Crippen MR) is 162 cm³/mol.